The van der Waals surface area contributed by atoms with Crippen molar-refractivity contribution >= 4 is 10.2 Å². The molecule has 1 aliphatic rings. The number of hydrogen-bond acceptors (Lipinski definition) is 2. The Morgan fingerprint density at radius 2 is 1.67 bits per heavy atom. The summed E-state index contributed by atoms with van der Waals surface area (Å²) in [5, 5.41) is 4.98. The van der Waals surface area contributed by atoms with Gasteiger partial charge in [-0.05, 0) is 30.5 Å². The lowest BCUT2D eigenvalue weighted by Gasteiger charge is -2.35. The first-order valence-corrected chi connectivity index (χ1v) is 7.04. The minimum Gasteiger partial charge on any atom is -0.239 e. The summed E-state index contributed by atoms with van der Waals surface area (Å²) >= 11 is 0. The Morgan fingerprint density at radius 3 is 2.11 bits per heavy atom. The van der Waals surface area contributed by atoms with E-state index in [4.69, 9.17) is 5.14 Å². The van der Waals surface area contributed by atoms with Gasteiger partial charge in [-0.3, -0.25) is 0 Å². The summed E-state index contributed by atoms with van der Waals surface area (Å²) in [5.41, 5.74) is -1.24. The van der Waals surface area contributed by atoms with Crippen LogP contribution in [0.1, 0.15) is 18.4 Å². The molecule has 4 nitrogen and oxygen atoms in total. The van der Waals surface area contributed by atoms with Crippen LogP contribution in [0.3, 0.4) is 0 Å². The normalized spacial score (nSPS) is 20.8. The van der Waals surface area contributed by atoms with E-state index < -0.39 is 21.7 Å². The molecular weight excluding hydrogens is 262 g/mol. The fourth-order valence-electron chi connectivity index (χ4n) is 2.13. The van der Waals surface area contributed by atoms with Crippen molar-refractivity contribution in [3.63, 3.8) is 0 Å². The van der Waals surface area contributed by atoms with Gasteiger partial charge in [0.1, 0.15) is 11.5 Å². The number of benzene rings is 1. The van der Waals surface area contributed by atoms with Gasteiger partial charge in [0.25, 0.3) is 10.2 Å². The minimum atomic E-state index is -3.76. The lowest BCUT2D eigenvalue weighted by molar-refractivity contribution is 0.0869. The molecule has 0 atom stereocenters. The average molecular weight is 276 g/mol. The molecule has 0 unspecified atom stereocenters. The zero-order valence-electron chi connectivity index (χ0n) is 9.64. The van der Waals surface area contributed by atoms with E-state index >= 15 is 0 Å². The van der Waals surface area contributed by atoms with Crippen LogP contribution < -0.4 is 5.14 Å². The molecule has 1 saturated heterocycles. The number of halogens is 2. The predicted molar refractivity (Wildman–Crippen MR) is 63.1 cm³/mol. The summed E-state index contributed by atoms with van der Waals surface area (Å²) in [6.07, 6.45) is 0.0458. The van der Waals surface area contributed by atoms with Crippen molar-refractivity contribution in [2.24, 2.45) is 5.14 Å². The summed E-state index contributed by atoms with van der Waals surface area (Å²) in [6, 6.07) is 5.18. The van der Waals surface area contributed by atoms with Crippen LogP contribution in [0.15, 0.2) is 24.3 Å². The third-order valence-electron chi connectivity index (χ3n) is 3.24. The molecule has 1 heterocycles. The summed E-state index contributed by atoms with van der Waals surface area (Å²) in [5.74, 6) is -0.427. The minimum absolute atomic E-state index is 0.0229. The molecule has 0 aliphatic carbocycles. The van der Waals surface area contributed by atoms with Gasteiger partial charge in [-0.25, -0.2) is 13.9 Å². The van der Waals surface area contributed by atoms with Gasteiger partial charge in [0.15, 0.2) is 0 Å². The number of rotatable bonds is 2. The van der Waals surface area contributed by atoms with E-state index in [0.717, 1.165) is 4.31 Å². The number of alkyl halides is 1. The molecule has 1 aliphatic heterocycles. The standard InChI is InChI=1S/C11H14F2N2O2S/c12-10-3-1-9(2-4-10)11(13)5-7-15(8-6-11)18(14,16)17/h1-4H,5-8H2,(H2,14,16,17). The van der Waals surface area contributed by atoms with Crippen LogP contribution >= 0.6 is 0 Å². The number of hydrogen-bond donors (Lipinski definition) is 1. The highest BCUT2D eigenvalue weighted by Gasteiger charge is 2.38. The fraction of sp³-hybridized carbons (Fsp3) is 0.455. The first-order valence-electron chi connectivity index (χ1n) is 5.54. The first-order chi connectivity index (χ1) is 8.31. The second kappa shape index (κ2) is 4.56. The van der Waals surface area contributed by atoms with Gasteiger partial charge in [0, 0.05) is 13.1 Å². The van der Waals surface area contributed by atoms with Gasteiger partial charge in [0.2, 0.25) is 0 Å². The highest BCUT2D eigenvalue weighted by atomic mass is 32.2. The Labute approximate surface area is 105 Å². The molecule has 2 rings (SSSR count). The lowest BCUT2D eigenvalue weighted by atomic mass is 9.87. The monoisotopic (exact) mass is 276 g/mol. The van der Waals surface area contributed by atoms with Crippen molar-refractivity contribution in [2.45, 2.75) is 18.5 Å². The molecule has 0 aromatic heterocycles. The van der Waals surface area contributed by atoms with Gasteiger partial charge in [-0.2, -0.15) is 12.7 Å². The van der Waals surface area contributed by atoms with Crippen molar-refractivity contribution in [3.8, 4) is 0 Å². The van der Waals surface area contributed by atoms with Gasteiger partial charge in [0.05, 0.1) is 0 Å². The third-order valence-corrected chi connectivity index (χ3v) is 4.32. The van der Waals surface area contributed by atoms with Crippen molar-refractivity contribution in [2.75, 3.05) is 13.1 Å². The second-order valence-electron chi connectivity index (χ2n) is 4.42. The molecule has 2 N–H and O–H groups in total. The van der Waals surface area contributed by atoms with Gasteiger partial charge >= 0.3 is 0 Å². The van der Waals surface area contributed by atoms with E-state index in [-0.39, 0.29) is 25.9 Å². The summed E-state index contributed by atoms with van der Waals surface area (Å²) in [7, 11) is -3.76. The smallest absolute Gasteiger partial charge is 0.239 e. The number of nitrogens with zero attached hydrogens (tertiary/aromatic N) is 1. The molecule has 0 amide bonds. The molecule has 7 heteroatoms. The Morgan fingerprint density at radius 1 is 1.17 bits per heavy atom. The van der Waals surface area contributed by atoms with Crippen LogP contribution in [0.25, 0.3) is 0 Å². The van der Waals surface area contributed by atoms with E-state index in [1.807, 2.05) is 0 Å². The summed E-state index contributed by atoms with van der Waals surface area (Å²) < 4.78 is 50.7. The Hall–Kier alpha value is -1.05. The molecule has 18 heavy (non-hydrogen) atoms. The van der Waals surface area contributed by atoms with E-state index in [1.54, 1.807) is 0 Å². The zero-order chi connectivity index (χ0) is 13.4. The maximum absolute atomic E-state index is 14.6. The van der Waals surface area contributed by atoms with Crippen LogP contribution in [-0.2, 0) is 15.9 Å². The first kappa shape index (κ1) is 13.4. The maximum Gasteiger partial charge on any atom is 0.276 e. The SMILES string of the molecule is NS(=O)(=O)N1CCC(F)(c2ccc(F)cc2)CC1. The highest BCUT2D eigenvalue weighted by Crippen LogP contribution is 2.37. The maximum atomic E-state index is 14.6. The van der Waals surface area contributed by atoms with Crippen LogP contribution in [0.4, 0.5) is 8.78 Å². The van der Waals surface area contributed by atoms with Crippen LogP contribution in [0.2, 0.25) is 0 Å². The molecule has 0 saturated carbocycles. The Balaban J connectivity index is 2.14. The summed E-state index contributed by atoms with van der Waals surface area (Å²) in [4.78, 5) is 0. The largest absolute Gasteiger partial charge is 0.276 e. The average Bonchev–Trinajstić information content (AvgIpc) is 2.29. The molecule has 0 radical (unpaired) electrons. The molecule has 0 bridgehead atoms. The molecule has 100 valence electrons. The summed E-state index contributed by atoms with van der Waals surface area (Å²) in [6.45, 7) is 0.0689. The van der Waals surface area contributed by atoms with Crippen LogP contribution in [-0.4, -0.2) is 25.8 Å². The van der Waals surface area contributed by atoms with Crippen molar-refractivity contribution in [3.05, 3.63) is 35.6 Å². The van der Waals surface area contributed by atoms with Crippen LogP contribution in [0, 0.1) is 5.82 Å². The Bertz CT molecular complexity index is 522. The van der Waals surface area contributed by atoms with Gasteiger partial charge < -0.3 is 0 Å². The molecule has 1 aromatic rings. The topological polar surface area (TPSA) is 63.4 Å². The van der Waals surface area contributed by atoms with Crippen molar-refractivity contribution in [1.29, 1.82) is 0 Å². The second-order valence-corrected chi connectivity index (χ2v) is 5.96. The van der Waals surface area contributed by atoms with E-state index in [1.165, 1.54) is 24.3 Å². The third kappa shape index (κ3) is 2.68. The van der Waals surface area contributed by atoms with E-state index in [9.17, 15) is 17.2 Å². The van der Waals surface area contributed by atoms with Crippen LogP contribution in [0.5, 0.6) is 0 Å². The van der Waals surface area contributed by atoms with Crippen molar-refractivity contribution < 1.29 is 17.2 Å². The number of piperidine rings is 1. The fourth-order valence-corrected chi connectivity index (χ4v) is 2.82. The molecule has 0 spiro atoms. The van der Waals surface area contributed by atoms with E-state index in [2.05, 4.69) is 0 Å². The van der Waals surface area contributed by atoms with Gasteiger partial charge in [-0.15, -0.1) is 0 Å². The van der Waals surface area contributed by atoms with Gasteiger partial charge in [-0.1, -0.05) is 12.1 Å². The Kier molecular flexibility index (Phi) is 3.39. The zero-order valence-corrected chi connectivity index (χ0v) is 10.5. The molecule has 1 fully saturated rings. The lowest BCUT2D eigenvalue weighted by Crippen LogP contribution is -2.45. The van der Waals surface area contributed by atoms with E-state index in [0.29, 0.717) is 5.56 Å². The quantitative estimate of drug-likeness (QED) is 0.884. The molecule has 1 aromatic carbocycles. The van der Waals surface area contributed by atoms with Crippen molar-refractivity contribution in [1.82, 2.24) is 4.31 Å². The highest BCUT2D eigenvalue weighted by molar-refractivity contribution is 7.86. The number of nitrogens with two attached hydrogens (primary N) is 1. The predicted octanol–water partition coefficient (Wildman–Crippen LogP) is 1.29. The molecular formula is C11H14F2N2O2S.